The highest BCUT2D eigenvalue weighted by atomic mass is 19.1. The number of hydrogen-bond donors (Lipinski definition) is 1. The smallest absolute Gasteiger partial charge is 0.407 e. The highest BCUT2D eigenvalue weighted by molar-refractivity contribution is 5.67. The Labute approximate surface area is 161 Å². The quantitative estimate of drug-likeness (QED) is 0.728. The molecule has 0 aliphatic rings. The van der Waals surface area contributed by atoms with Crippen LogP contribution in [0.1, 0.15) is 26.3 Å². The zero-order chi connectivity index (χ0) is 20.3. The van der Waals surface area contributed by atoms with E-state index >= 15 is 0 Å². The number of rotatable bonds is 4. The van der Waals surface area contributed by atoms with Gasteiger partial charge < -0.3 is 10.1 Å². The average molecular weight is 386 g/mol. The van der Waals surface area contributed by atoms with E-state index in [-0.39, 0.29) is 12.4 Å². The summed E-state index contributed by atoms with van der Waals surface area (Å²) in [4.78, 5) is 11.8. The van der Waals surface area contributed by atoms with Crippen molar-refractivity contribution >= 4 is 6.09 Å². The molecule has 146 valence electrons. The number of nitrogens with one attached hydrogen (secondary N) is 1. The third-order valence-electron chi connectivity index (χ3n) is 3.68. The van der Waals surface area contributed by atoms with E-state index in [0.29, 0.717) is 22.5 Å². The first-order chi connectivity index (χ1) is 13.2. The molecule has 0 fully saturated rings. The van der Waals surface area contributed by atoms with Crippen molar-refractivity contribution in [1.29, 1.82) is 0 Å². The third kappa shape index (κ3) is 5.12. The molecule has 0 aliphatic heterocycles. The molecule has 0 bridgehead atoms. The number of nitrogens with zero attached hydrogens (tertiary/aromatic N) is 3. The maximum Gasteiger partial charge on any atom is 0.407 e. The van der Waals surface area contributed by atoms with E-state index in [0.717, 1.165) is 0 Å². The van der Waals surface area contributed by atoms with Crippen LogP contribution in [0.15, 0.2) is 48.7 Å². The van der Waals surface area contributed by atoms with Crippen molar-refractivity contribution in [2.24, 2.45) is 0 Å². The van der Waals surface area contributed by atoms with Crippen LogP contribution in [0.4, 0.5) is 13.6 Å². The Morgan fingerprint density at radius 2 is 1.82 bits per heavy atom. The normalized spacial score (nSPS) is 11.3. The van der Waals surface area contributed by atoms with E-state index in [1.54, 1.807) is 45.2 Å². The molecule has 1 amide bonds. The van der Waals surface area contributed by atoms with Crippen LogP contribution in [0.25, 0.3) is 16.9 Å². The molecule has 0 aliphatic carbocycles. The lowest BCUT2D eigenvalue weighted by Crippen LogP contribution is -2.32. The number of alkyl carbamates (subject to hydrolysis) is 1. The van der Waals surface area contributed by atoms with Crippen molar-refractivity contribution in [1.82, 2.24) is 20.3 Å². The molecule has 0 saturated heterocycles. The fraction of sp³-hybridized carbons (Fsp3) is 0.250. The zero-order valence-corrected chi connectivity index (χ0v) is 15.7. The van der Waals surface area contributed by atoms with Crippen LogP contribution in [0.5, 0.6) is 0 Å². The molecule has 1 N–H and O–H groups in total. The van der Waals surface area contributed by atoms with Crippen LogP contribution < -0.4 is 5.32 Å². The number of ether oxygens (including phenoxy) is 1. The van der Waals surface area contributed by atoms with E-state index in [2.05, 4.69) is 15.6 Å². The molecule has 2 aromatic carbocycles. The van der Waals surface area contributed by atoms with Crippen molar-refractivity contribution in [2.75, 3.05) is 0 Å². The number of amides is 1. The predicted octanol–water partition coefficient (Wildman–Crippen LogP) is 4.24. The van der Waals surface area contributed by atoms with E-state index in [1.807, 2.05) is 0 Å². The van der Waals surface area contributed by atoms with Gasteiger partial charge in [-0.15, -0.1) is 5.10 Å². The first-order valence-electron chi connectivity index (χ1n) is 8.64. The van der Waals surface area contributed by atoms with Crippen LogP contribution in [0.3, 0.4) is 0 Å². The van der Waals surface area contributed by atoms with Crippen LogP contribution in [-0.2, 0) is 11.3 Å². The molecule has 0 radical (unpaired) electrons. The van der Waals surface area contributed by atoms with Gasteiger partial charge in [-0.2, -0.15) is 0 Å². The second-order valence-corrected chi connectivity index (χ2v) is 7.23. The van der Waals surface area contributed by atoms with Crippen molar-refractivity contribution < 1.29 is 18.3 Å². The Balaban J connectivity index is 1.76. The zero-order valence-electron chi connectivity index (χ0n) is 15.7. The van der Waals surface area contributed by atoms with Gasteiger partial charge in [-0.05, 0) is 68.8 Å². The molecule has 0 atom stereocenters. The predicted molar refractivity (Wildman–Crippen MR) is 99.8 cm³/mol. The standard InChI is InChI=1S/C20H20F2N4O2/c1-20(2,3)28-19(27)23-11-13-8-16(22)10-17(9-13)26-12-18(24-25-26)14-4-6-15(21)7-5-14/h4-10,12H,11H2,1-3H3,(H,23,27). The lowest BCUT2D eigenvalue weighted by atomic mass is 10.1. The van der Waals surface area contributed by atoms with Gasteiger partial charge in [-0.25, -0.2) is 18.3 Å². The summed E-state index contributed by atoms with van der Waals surface area (Å²) < 4.78 is 33.7. The van der Waals surface area contributed by atoms with Gasteiger partial charge >= 0.3 is 6.09 Å². The largest absolute Gasteiger partial charge is 0.444 e. The Morgan fingerprint density at radius 3 is 2.50 bits per heavy atom. The lowest BCUT2D eigenvalue weighted by molar-refractivity contribution is 0.0523. The molecule has 3 aromatic rings. The molecule has 28 heavy (non-hydrogen) atoms. The monoisotopic (exact) mass is 386 g/mol. The van der Waals surface area contributed by atoms with E-state index in [4.69, 9.17) is 4.74 Å². The summed E-state index contributed by atoms with van der Waals surface area (Å²) in [5.74, 6) is -0.819. The minimum atomic E-state index is -0.616. The van der Waals surface area contributed by atoms with Crippen LogP contribution in [-0.4, -0.2) is 26.7 Å². The van der Waals surface area contributed by atoms with Crippen molar-refractivity contribution in [2.45, 2.75) is 32.9 Å². The molecule has 8 heteroatoms. The molecule has 1 heterocycles. The summed E-state index contributed by atoms with van der Waals surface area (Å²) in [5, 5.41) is 10.6. The van der Waals surface area contributed by atoms with Gasteiger partial charge in [0.05, 0.1) is 11.9 Å². The number of hydrogen-bond acceptors (Lipinski definition) is 4. The summed E-state index contributed by atoms with van der Waals surface area (Å²) in [6.45, 7) is 5.38. The number of carbonyl (C=O) groups is 1. The third-order valence-corrected chi connectivity index (χ3v) is 3.68. The van der Waals surface area contributed by atoms with Gasteiger partial charge in [0.2, 0.25) is 0 Å². The molecule has 1 aromatic heterocycles. The van der Waals surface area contributed by atoms with E-state index in [1.165, 1.54) is 28.9 Å². The molecule has 0 saturated carbocycles. The summed E-state index contributed by atoms with van der Waals surface area (Å²) in [6.07, 6.45) is 1.03. The number of aromatic nitrogens is 3. The highest BCUT2D eigenvalue weighted by Gasteiger charge is 2.16. The number of benzene rings is 2. The lowest BCUT2D eigenvalue weighted by Gasteiger charge is -2.19. The van der Waals surface area contributed by atoms with Gasteiger partial charge in [0.15, 0.2) is 0 Å². The van der Waals surface area contributed by atoms with Gasteiger partial charge in [-0.1, -0.05) is 5.21 Å². The summed E-state index contributed by atoms with van der Waals surface area (Å²) in [5.41, 5.74) is 1.59. The van der Waals surface area contributed by atoms with E-state index in [9.17, 15) is 13.6 Å². The summed E-state index contributed by atoms with van der Waals surface area (Å²) >= 11 is 0. The molecular weight excluding hydrogens is 366 g/mol. The maximum absolute atomic E-state index is 14.0. The molecule has 0 unspecified atom stereocenters. The Morgan fingerprint density at radius 1 is 1.11 bits per heavy atom. The van der Waals surface area contributed by atoms with Crippen LogP contribution in [0, 0.1) is 11.6 Å². The Hall–Kier alpha value is -3.29. The fourth-order valence-electron chi connectivity index (χ4n) is 2.50. The van der Waals surface area contributed by atoms with Crippen molar-refractivity contribution in [3.05, 3.63) is 65.9 Å². The van der Waals surface area contributed by atoms with Crippen molar-refractivity contribution in [3.63, 3.8) is 0 Å². The summed E-state index contributed by atoms with van der Waals surface area (Å²) in [7, 11) is 0. The Kier molecular flexibility index (Phi) is 5.39. The molecule has 3 rings (SSSR count). The minimum absolute atomic E-state index is 0.0964. The maximum atomic E-state index is 14.0. The highest BCUT2D eigenvalue weighted by Crippen LogP contribution is 2.19. The summed E-state index contributed by atoms with van der Waals surface area (Å²) in [6, 6.07) is 10.1. The average Bonchev–Trinajstić information content (AvgIpc) is 3.09. The van der Waals surface area contributed by atoms with Gasteiger partial charge in [-0.3, -0.25) is 0 Å². The van der Waals surface area contributed by atoms with Crippen LogP contribution in [0.2, 0.25) is 0 Å². The van der Waals surface area contributed by atoms with Crippen molar-refractivity contribution in [3.8, 4) is 16.9 Å². The molecule has 6 nitrogen and oxygen atoms in total. The minimum Gasteiger partial charge on any atom is -0.444 e. The topological polar surface area (TPSA) is 69.0 Å². The van der Waals surface area contributed by atoms with Gasteiger partial charge in [0.1, 0.15) is 22.9 Å². The van der Waals surface area contributed by atoms with Crippen LogP contribution >= 0.6 is 0 Å². The number of carbonyl (C=O) groups excluding carboxylic acids is 1. The SMILES string of the molecule is CC(C)(C)OC(=O)NCc1cc(F)cc(-n2cc(-c3ccc(F)cc3)nn2)c1. The van der Waals surface area contributed by atoms with Gasteiger partial charge in [0.25, 0.3) is 0 Å². The van der Waals surface area contributed by atoms with Gasteiger partial charge in [0, 0.05) is 12.1 Å². The Bertz CT molecular complexity index is 979. The second-order valence-electron chi connectivity index (χ2n) is 7.23. The van der Waals surface area contributed by atoms with E-state index < -0.39 is 17.5 Å². The molecule has 0 spiro atoms. The first kappa shape index (κ1) is 19.5. The molecular formula is C20H20F2N4O2. The number of halogens is 2. The second kappa shape index (κ2) is 7.75. The first-order valence-corrected chi connectivity index (χ1v) is 8.64. The fourth-order valence-corrected chi connectivity index (χ4v) is 2.50.